The molecule has 0 aromatic carbocycles. The molecule has 1 heterocycles. The molecular formula is C13H22N2O2S2. The molecule has 2 rings (SSSR count). The van der Waals surface area contributed by atoms with Crippen LogP contribution in [-0.4, -0.2) is 30.9 Å². The molecule has 3 unspecified atom stereocenters. The van der Waals surface area contributed by atoms with Crippen molar-refractivity contribution in [2.24, 2.45) is 11.7 Å². The average molecular weight is 302 g/mol. The molecule has 6 heteroatoms. The molecule has 3 atom stereocenters. The Morgan fingerprint density at radius 3 is 2.84 bits per heavy atom. The molecule has 0 aliphatic heterocycles. The van der Waals surface area contributed by atoms with E-state index in [2.05, 4.69) is 4.98 Å². The second-order valence-electron chi connectivity index (χ2n) is 5.60. The Kier molecular flexibility index (Phi) is 4.63. The number of nitrogens with zero attached hydrogens (tertiary/aromatic N) is 1. The van der Waals surface area contributed by atoms with E-state index in [4.69, 9.17) is 5.73 Å². The zero-order valence-electron chi connectivity index (χ0n) is 11.5. The summed E-state index contributed by atoms with van der Waals surface area (Å²) in [7, 11) is -2.93. The molecule has 1 saturated carbocycles. The summed E-state index contributed by atoms with van der Waals surface area (Å²) in [4.78, 5) is 4.43. The van der Waals surface area contributed by atoms with Gasteiger partial charge in [-0.1, -0.05) is 6.42 Å². The maximum absolute atomic E-state index is 11.7. The van der Waals surface area contributed by atoms with E-state index in [0.29, 0.717) is 12.3 Å². The first-order valence-corrected chi connectivity index (χ1v) is 9.55. The van der Waals surface area contributed by atoms with E-state index in [1.165, 1.54) is 6.26 Å². The normalized spacial score (nSPS) is 26.3. The number of nitrogens with two attached hydrogens (primary N) is 1. The quantitative estimate of drug-likeness (QED) is 0.922. The SMILES string of the molecule is Cc1nc(CC(N)C2CCCC(S(C)(=O)=O)C2)cs1. The van der Waals surface area contributed by atoms with Crippen LogP contribution >= 0.6 is 11.3 Å². The first kappa shape index (κ1) is 14.9. The van der Waals surface area contributed by atoms with Crippen LogP contribution in [0.4, 0.5) is 0 Å². The van der Waals surface area contributed by atoms with Gasteiger partial charge in [-0.25, -0.2) is 13.4 Å². The number of hydrogen-bond acceptors (Lipinski definition) is 5. The molecule has 1 aliphatic rings. The van der Waals surface area contributed by atoms with Gasteiger partial charge in [0.1, 0.15) is 9.84 Å². The molecular weight excluding hydrogens is 280 g/mol. The lowest BCUT2D eigenvalue weighted by molar-refractivity contribution is 0.303. The summed E-state index contributed by atoms with van der Waals surface area (Å²) >= 11 is 1.64. The zero-order chi connectivity index (χ0) is 14.0. The summed E-state index contributed by atoms with van der Waals surface area (Å²) in [5, 5.41) is 2.90. The van der Waals surface area contributed by atoms with Crippen LogP contribution in [0.2, 0.25) is 0 Å². The standard InChI is InChI=1S/C13H22N2O2S2/c1-9-15-11(8-18-9)7-13(14)10-4-3-5-12(6-10)19(2,16)17/h8,10,12-13H,3-7,14H2,1-2H3. The van der Waals surface area contributed by atoms with Gasteiger partial charge in [-0.3, -0.25) is 0 Å². The number of hydrogen-bond donors (Lipinski definition) is 1. The van der Waals surface area contributed by atoms with E-state index in [-0.39, 0.29) is 11.3 Å². The van der Waals surface area contributed by atoms with Crippen LogP contribution in [0.3, 0.4) is 0 Å². The molecule has 1 aromatic rings. The van der Waals surface area contributed by atoms with E-state index < -0.39 is 9.84 Å². The van der Waals surface area contributed by atoms with Crippen molar-refractivity contribution < 1.29 is 8.42 Å². The third kappa shape index (κ3) is 4.00. The molecule has 2 N–H and O–H groups in total. The van der Waals surface area contributed by atoms with Gasteiger partial charge in [-0.15, -0.1) is 11.3 Å². The minimum Gasteiger partial charge on any atom is -0.327 e. The smallest absolute Gasteiger partial charge is 0.150 e. The largest absolute Gasteiger partial charge is 0.327 e. The molecule has 0 bridgehead atoms. The van der Waals surface area contributed by atoms with Gasteiger partial charge >= 0.3 is 0 Å². The number of thiazole rings is 1. The van der Waals surface area contributed by atoms with Gasteiger partial charge in [0.25, 0.3) is 0 Å². The number of sulfone groups is 1. The Bertz CT molecular complexity index is 525. The highest BCUT2D eigenvalue weighted by molar-refractivity contribution is 7.91. The Hall–Kier alpha value is -0.460. The second-order valence-corrected chi connectivity index (χ2v) is 8.99. The topological polar surface area (TPSA) is 73.0 Å². The minimum atomic E-state index is -2.93. The lowest BCUT2D eigenvalue weighted by Gasteiger charge is -2.31. The number of aromatic nitrogens is 1. The van der Waals surface area contributed by atoms with Crippen LogP contribution in [0, 0.1) is 12.8 Å². The maximum Gasteiger partial charge on any atom is 0.150 e. The summed E-state index contributed by atoms with van der Waals surface area (Å²) in [6.07, 6.45) is 5.60. The van der Waals surface area contributed by atoms with Gasteiger partial charge < -0.3 is 5.73 Å². The van der Waals surface area contributed by atoms with Crippen LogP contribution in [0.25, 0.3) is 0 Å². The highest BCUT2D eigenvalue weighted by atomic mass is 32.2. The monoisotopic (exact) mass is 302 g/mol. The van der Waals surface area contributed by atoms with Gasteiger partial charge in [0.05, 0.1) is 16.0 Å². The van der Waals surface area contributed by atoms with E-state index in [1.807, 2.05) is 12.3 Å². The van der Waals surface area contributed by atoms with Gasteiger partial charge in [0, 0.05) is 24.1 Å². The van der Waals surface area contributed by atoms with E-state index >= 15 is 0 Å². The number of aryl methyl sites for hydroxylation is 1. The Morgan fingerprint density at radius 2 is 2.26 bits per heavy atom. The van der Waals surface area contributed by atoms with E-state index in [9.17, 15) is 8.42 Å². The highest BCUT2D eigenvalue weighted by Gasteiger charge is 2.31. The lowest BCUT2D eigenvalue weighted by atomic mass is 9.82. The van der Waals surface area contributed by atoms with Gasteiger partial charge in [-0.2, -0.15) is 0 Å². The molecule has 0 saturated heterocycles. The van der Waals surface area contributed by atoms with Gasteiger partial charge in [0.2, 0.25) is 0 Å². The molecule has 1 fully saturated rings. The first-order valence-electron chi connectivity index (χ1n) is 6.71. The van der Waals surface area contributed by atoms with Crippen molar-refractivity contribution in [3.8, 4) is 0 Å². The summed E-state index contributed by atoms with van der Waals surface area (Å²) in [6, 6.07) is 0.0195. The fraction of sp³-hybridized carbons (Fsp3) is 0.769. The van der Waals surface area contributed by atoms with E-state index in [1.54, 1.807) is 11.3 Å². The second kappa shape index (κ2) is 5.89. The summed E-state index contributed by atoms with van der Waals surface area (Å²) < 4.78 is 23.3. The summed E-state index contributed by atoms with van der Waals surface area (Å²) in [5.41, 5.74) is 7.30. The lowest BCUT2D eigenvalue weighted by Crippen LogP contribution is -2.38. The van der Waals surface area contributed by atoms with Crippen molar-refractivity contribution in [2.45, 2.75) is 50.3 Å². The maximum atomic E-state index is 11.7. The van der Waals surface area contributed by atoms with Crippen LogP contribution in [0.15, 0.2) is 5.38 Å². The summed E-state index contributed by atoms with van der Waals surface area (Å²) in [5.74, 6) is 0.301. The van der Waals surface area contributed by atoms with Crippen molar-refractivity contribution in [1.29, 1.82) is 0 Å². The van der Waals surface area contributed by atoms with Crippen molar-refractivity contribution in [3.05, 3.63) is 16.1 Å². The summed E-state index contributed by atoms with van der Waals surface area (Å²) in [6.45, 7) is 1.99. The van der Waals surface area contributed by atoms with Crippen LogP contribution in [-0.2, 0) is 16.3 Å². The molecule has 1 aliphatic carbocycles. The van der Waals surface area contributed by atoms with E-state index in [0.717, 1.165) is 36.4 Å². The zero-order valence-corrected chi connectivity index (χ0v) is 13.1. The molecule has 19 heavy (non-hydrogen) atoms. The first-order chi connectivity index (χ1) is 8.86. The fourth-order valence-electron chi connectivity index (χ4n) is 2.87. The van der Waals surface area contributed by atoms with Crippen LogP contribution in [0.1, 0.15) is 36.4 Å². The van der Waals surface area contributed by atoms with Crippen LogP contribution < -0.4 is 5.73 Å². The van der Waals surface area contributed by atoms with Gasteiger partial charge in [0.15, 0.2) is 0 Å². The van der Waals surface area contributed by atoms with Crippen LogP contribution in [0.5, 0.6) is 0 Å². The van der Waals surface area contributed by atoms with Crippen molar-refractivity contribution in [2.75, 3.05) is 6.26 Å². The Balaban J connectivity index is 1.97. The average Bonchev–Trinajstić information content (AvgIpc) is 2.74. The molecule has 1 aromatic heterocycles. The fourth-order valence-corrected chi connectivity index (χ4v) is 4.69. The third-order valence-corrected chi connectivity index (χ3v) is 6.45. The van der Waals surface area contributed by atoms with Crippen molar-refractivity contribution in [1.82, 2.24) is 4.98 Å². The Labute approximate surface area is 119 Å². The van der Waals surface area contributed by atoms with Crippen molar-refractivity contribution >= 4 is 21.2 Å². The highest BCUT2D eigenvalue weighted by Crippen LogP contribution is 2.31. The van der Waals surface area contributed by atoms with Gasteiger partial charge in [-0.05, 0) is 32.1 Å². The molecule has 4 nitrogen and oxygen atoms in total. The van der Waals surface area contributed by atoms with Crippen molar-refractivity contribution in [3.63, 3.8) is 0 Å². The Morgan fingerprint density at radius 1 is 1.53 bits per heavy atom. The molecule has 0 amide bonds. The predicted molar refractivity (Wildman–Crippen MR) is 79.1 cm³/mol. The molecule has 0 radical (unpaired) electrons. The predicted octanol–water partition coefficient (Wildman–Crippen LogP) is 1.92. The third-order valence-electron chi connectivity index (χ3n) is 3.99. The molecule has 108 valence electrons. The molecule has 0 spiro atoms. The minimum absolute atomic E-state index is 0.0195. The number of rotatable bonds is 4.